The van der Waals surface area contributed by atoms with Crippen LogP contribution in [0, 0.1) is 17.3 Å². The molecule has 0 heteroatoms. The fourth-order valence-electron chi connectivity index (χ4n) is 1.07. The van der Waals surface area contributed by atoms with Crippen molar-refractivity contribution in [3.63, 3.8) is 0 Å². The van der Waals surface area contributed by atoms with E-state index >= 15 is 0 Å². The zero-order chi connectivity index (χ0) is 18.0. The van der Waals surface area contributed by atoms with Gasteiger partial charge in [0.15, 0.2) is 0 Å². The van der Waals surface area contributed by atoms with E-state index in [4.69, 9.17) is 0 Å². The minimum absolute atomic E-state index is 0.542. The molecule has 134 valence electrons. The van der Waals surface area contributed by atoms with Crippen molar-refractivity contribution in [2.75, 3.05) is 0 Å². The van der Waals surface area contributed by atoms with E-state index in [0.29, 0.717) is 5.41 Å². The first-order valence-electron chi connectivity index (χ1n) is 9.40. The SMILES string of the molecule is CC/C=C/CC(C)C.CC/C=C\CC(C)C.CCC(C)(C)C. The van der Waals surface area contributed by atoms with Crippen molar-refractivity contribution < 1.29 is 0 Å². The molecule has 0 radical (unpaired) electrons. The molecule has 0 saturated carbocycles. The molecule has 0 N–H and O–H groups in total. The van der Waals surface area contributed by atoms with E-state index in [1.807, 2.05) is 0 Å². The summed E-state index contributed by atoms with van der Waals surface area (Å²) in [6, 6.07) is 0. The highest BCUT2D eigenvalue weighted by Crippen LogP contribution is 2.16. The van der Waals surface area contributed by atoms with Gasteiger partial charge in [0.2, 0.25) is 0 Å². The Morgan fingerprint density at radius 1 is 0.636 bits per heavy atom. The normalized spacial score (nSPS) is 11.6. The third-order valence-electron chi connectivity index (χ3n) is 3.08. The molecule has 0 unspecified atom stereocenters. The molecule has 0 spiro atoms. The summed E-state index contributed by atoms with van der Waals surface area (Å²) in [6.45, 7) is 22.2. The topological polar surface area (TPSA) is 0 Å². The van der Waals surface area contributed by atoms with Gasteiger partial charge < -0.3 is 0 Å². The van der Waals surface area contributed by atoms with Crippen LogP contribution in [0.25, 0.3) is 0 Å². The molecule has 0 aromatic rings. The second kappa shape index (κ2) is 18.5. The van der Waals surface area contributed by atoms with Crippen LogP contribution in [0.2, 0.25) is 0 Å². The van der Waals surface area contributed by atoms with Gasteiger partial charge in [0.25, 0.3) is 0 Å². The minimum atomic E-state index is 0.542. The maximum Gasteiger partial charge on any atom is -0.0327 e. The second-order valence-corrected chi connectivity index (χ2v) is 7.93. The lowest BCUT2D eigenvalue weighted by atomic mass is 9.94. The maximum absolute atomic E-state index is 2.25. The Labute approximate surface area is 143 Å². The molecule has 0 aliphatic carbocycles. The molecule has 22 heavy (non-hydrogen) atoms. The van der Waals surface area contributed by atoms with Crippen LogP contribution in [-0.2, 0) is 0 Å². The van der Waals surface area contributed by atoms with Crippen LogP contribution >= 0.6 is 0 Å². The summed E-state index contributed by atoms with van der Waals surface area (Å²) in [7, 11) is 0. The zero-order valence-electron chi connectivity index (χ0n) is 17.5. The highest BCUT2D eigenvalue weighted by Gasteiger charge is 2.03. The molecule has 0 amide bonds. The number of hydrogen-bond donors (Lipinski definition) is 0. The Bertz CT molecular complexity index is 215. The average Bonchev–Trinajstić information content (AvgIpc) is 2.39. The molecule has 0 aliphatic rings. The maximum atomic E-state index is 2.25. The first-order valence-corrected chi connectivity index (χ1v) is 9.40. The van der Waals surface area contributed by atoms with Crippen LogP contribution < -0.4 is 0 Å². The zero-order valence-corrected chi connectivity index (χ0v) is 17.5. The van der Waals surface area contributed by atoms with Gasteiger partial charge in [-0.25, -0.2) is 0 Å². The van der Waals surface area contributed by atoms with Crippen molar-refractivity contribution in [3.05, 3.63) is 24.3 Å². The van der Waals surface area contributed by atoms with Crippen LogP contribution in [0.15, 0.2) is 24.3 Å². The summed E-state index contributed by atoms with van der Waals surface area (Å²) < 4.78 is 0. The molecule has 0 aromatic heterocycles. The van der Waals surface area contributed by atoms with Gasteiger partial charge in [-0.2, -0.15) is 0 Å². The molecular formula is C22H46. The predicted molar refractivity (Wildman–Crippen MR) is 108 cm³/mol. The van der Waals surface area contributed by atoms with Gasteiger partial charge in [0.05, 0.1) is 0 Å². The van der Waals surface area contributed by atoms with Crippen LogP contribution in [0.3, 0.4) is 0 Å². The third-order valence-corrected chi connectivity index (χ3v) is 3.08. The standard InChI is InChI=1S/2C8H16.C6H14/c2*1-4-5-6-7-8(2)3;1-5-6(2,3)4/h2*5-6,8H,4,7H2,1-3H3;5H2,1-4H3/b6-5+;6-5-;. The predicted octanol–water partition coefficient (Wildman–Crippen LogP) is 8.44. The summed E-state index contributed by atoms with van der Waals surface area (Å²) in [5.41, 5.74) is 0.542. The van der Waals surface area contributed by atoms with Crippen molar-refractivity contribution in [3.8, 4) is 0 Å². The Balaban J connectivity index is -0.000000249. The molecule has 0 atom stereocenters. The number of rotatable bonds is 6. The van der Waals surface area contributed by atoms with Crippen molar-refractivity contribution in [2.24, 2.45) is 17.3 Å². The molecule has 0 fully saturated rings. The van der Waals surface area contributed by atoms with Crippen LogP contribution in [0.1, 0.15) is 101 Å². The monoisotopic (exact) mass is 310 g/mol. The van der Waals surface area contributed by atoms with Crippen molar-refractivity contribution in [2.45, 2.75) is 101 Å². The Morgan fingerprint density at radius 3 is 1.05 bits per heavy atom. The average molecular weight is 311 g/mol. The van der Waals surface area contributed by atoms with E-state index in [9.17, 15) is 0 Å². The second-order valence-electron chi connectivity index (χ2n) is 7.93. The Morgan fingerprint density at radius 2 is 0.909 bits per heavy atom. The molecule has 0 heterocycles. The highest BCUT2D eigenvalue weighted by atomic mass is 14.1. The fourth-order valence-corrected chi connectivity index (χ4v) is 1.07. The van der Waals surface area contributed by atoms with Crippen molar-refractivity contribution in [1.82, 2.24) is 0 Å². The van der Waals surface area contributed by atoms with Gasteiger partial charge in [-0.3, -0.25) is 0 Å². The van der Waals surface area contributed by atoms with Gasteiger partial charge in [-0.15, -0.1) is 0 Å². The van der Waals surface area contributed by atoms with Gasteiger partial charge >= 0.3 is 0 Å². The highest BCUT2D eigenvalue weighted by molar-refractivity contribution is 4.81. The Hall–Kier alpha value is -0.520. The molecule has 0 aliphatic heterocycles. The summed E-state index contributed by atoms with van der Waals surface area (Å²) in [6.07, 6.45) is 15.0. The summed E-state index contributed by atoms with van der Waals surface area (Å²) in [4.78, 5) is 0. The van der Waals surface area contributed by atoms with Crippen molar-refractivity contribution in [1.29, 1.82) is 0 Å². The molecule has 0 bridgehead atoms. The number of hydrogen-bond acceptors (Lipinski definition) is 0. The van der Waals surface area contributed by atoms with E-state index < -0.39 is 0 Å². The lowest BCUT2D eigenvalue weighted by molar-refractivity contribution is 0.398. The molecule has 0 saturated heterocycles. The molecular weight excluding hydrogens is 264 g/mol. The lowest BCUT2D eigenvalue weighted by Gasteiger charge is -2.12. The summed E-state index contributed by atoms with van der Waals surface area (Å²) in [5, 5.41) is 0. The van der Waals surface area contributed by atoms with Crippen LogP contribution in [0.5, 0.6) is 0 Å². The molecule has 0 nitrogen and oxygen atoms in total. The first-order chi connectivity index (χ1) is 10.1. The first kappa shape index (κ1) is 26.4. The summed E-state index contributed by atoms with van der Waals surface area (Å²) in [5.74, 6) is 1.63. The lowest BCUT2D eigenvalue weighted by Crippen LogP contribution is -2.00. The van der Waals surface area contributed by atoms with Crippen LogP contribution in [-0.4, -0.2) is 0 Å². The van der Waals surface area contributed by atoms with Gasteiger partial charge in [-0.1, -0.05) is 100.0 Å². The smallest absolute Gasteiger partial charge is 0.0327 e. The Kier molecular flexibility index (Phi) is 22.2. The van der Waals surface area contributed by atoms with E-state index in [2.05, 4.69) is 93.5 Å². The largest absolute Gasteiger partial charge is 0.0888 e. The van der Waals surface area contributed by atoms with E-state index in [0.717, 1.165) is 11.8 Å². The van der Waals surface area contributed by atoms with Crippen LogP contribution in [0.4, 0.5) is 0 Å². The third kappa shape index (κ3) is 42.7. The van der Waals surface area contributed by atoms with E-state index in [-0.39, 0.29) is 0 Å². The molecule has 0 aromatic carbocycles. The number of allylic oxidation sites excluding steroid dienone is 4. The van der Waals surface area contributed by atoms with E-state index in [1.54, 1.807) is 0 Å². The summed E-state index contributed by atoms with van der Waals surface area (Å²) >= 11 is 0. The molecule has 0 rings (SSSR count). The fraction of sp³-hybridized carbons (Fsp3) is 0.818. The minimum Gasteiger partial charge on any atom is -0.0888 e. The van der Waals surface area contributed by atoms with Gasteiger partial charge in [0, 0.05) is 0 Å². The quantitative estimate of drug-likeness (QED) is 0.432. The van der Waals surface area contributed by atoms with Crippen molar-refractivity contribution >= 4 is 0 Å². The van der Waals surface area contributed by atoms with Gasteiger partial charge in [0.1, 0.15) is 0 Å². The van der Waals surface area contributed by atoms with Gasteiger partial charge in [-0.05, 0) is 42.9 Å². The van der Waals surface area contributed by atoms with E-state index in [1.165, 1.54) is 32.1 Å².